The van der Waals surface area contributed by atoms with Crippen molar-refractivity contribution in [3.63, 3.8) is 0 Å². The summed E-state index contributed by atoms with van der Waals surface area (Å²) in [5.74, 6) is 0.552. The first kappa shape index (κ1) is 21.5. The maximum atomic E-state index is 11.4. The molecule has 1 N–H and O–H groups in total. The molecule has 2 unspecified atom stereocenters. The number of carbonyl (C=O) groups is 1. The molecule has 1 aromatic rings. The largest absolute Gasteiger partial charge is 0.490 e. The Labute approximate surface area is 157 Å². The molecule has 0 radical (unpaired) electrons. The monoisotopic (exact) mass is 416 g/mol. The summed E-state index contributed by atoms with van der Waals surface area (Å²) in [6.45, 7) is 1.96. The van der Waals surface area contributed by atoms with E-state index < -0.39 is 19.2 Å². The molecular formula is C15H19Cl3O5S. The van der Waals surface area contributed by atoms with Gasteiger partial charge in [-0.2, -0.15) is 8.42 Å². The van der Waals surface area contributed by atoms with Crippen LogP contribution in [-0.2, 0) is 10.1 Å². The van der Waals surface area contributed by atoms with Crippen LogP contribution < -0.4 is 4.74 Å². The van der Waals surface area contributed by atoms with Gasteiger partial charge in [-0.3, -0.25) is 9.35 Å². The van der Waals surface area contributed by atoms with E-state index in [1.165, 1.54) is 0 Å². The lowest BCUT2D eigenvalue weighted by Crippen LogP contribution is -2.35. The minimum Gasteiger partial charge on any atom is -0.490 e. The normalized spacial score (nSPS) is 14.9. The SMILES string of the molecule is CCCC(CCC(C(Cl)(Cl)Cl)S(=O)(=O)O)Oc1ccc(C=O)cc1. The predicted octanol–water partition coefficient (Wildman–Crippen LogP) is 4.45. The van der Waals surface area contributed by atoms with Gasteiger partial charge in [0.25, 0.3) is 10.1 Å². The molecule has 5 nitrogen and oxygen atoms in total. The highest BCUT2D eigenvalue weighted by molar-refractivity contribution is 7.86. The molecule has 1 aromatic carbocycles. The fraction of sp³-hybridized carbons (Fsp3) is 0.533. The molecule has 2 atom stereocenters. The Hall–Kier alpha value is -0.530. The molecule has 0 fully saturated rings. The van der Waals surface area contributed by atoms with Crippen molar-refractivity contribution in [1.29, 1.82) is 0 Å². The molecule has 0 amide bonds. The molecule has 0 aromatic heterocycles. The quantitative estimate of drug-likeness (QED) is 0.364. The fourth-order valence-corrected chi connectivity index (χ4v) is 4.33. The second kappa shape index (κ2) is 9.25. The highest BCUT2D eigenvalue weighted by atomic mass is 35.6. The molecule has 0 saturated carbocycles. The third-order valence-corrected chi connectivity index (χ3v) is 5.89. The average Bonchev–Trinajstić information content (AvgIpc) is 2.45. The first-order chi connectivity index (χ1) is 11.1. The lowest BCUT2D eigenvalue weighted by atomic mass is 10.1. The van der Waals surface area contributed by atoms with Crippen LogP contribution in [0.25, 0.3) is 0 Å². The van der Waals surface area contributed by atoms with Gasteiger partial charge in [0.15, 0.2) is 0 Å². The van der Waals surface area contributed by atoms with Crippen molar-refractivity contribution in [2.24, 2.45) is 0 Å². The number of carbonyl (C=O) groups excluding carboxylic acids is 1. The zero-order valence-electron chi connectivity index (χ0n) is 13.0. The second-order valence-electron chi connectivity index (χ2n) is 5.34. The summed E-state index contributed by atoms with van der Waals surface area (Å²) in [5.41, 5.74) is 0.525. The molecular weight excluding hydrogens is 399 g/mol. The smallest absolute Gasteiger partial charge is 0.272 e. The average molecular weight is 418 g/mol. The number of rotatable bonds is 9. The van der Waals surface area contributed by atoms with E-state index in [-0.39, 0.29) is 18.9 Å². The summed E-state index contributed by atoms with van der Waals surface area (Å²) in [6, 6.07) is 6.55. The third-order valence-electron chi connectivity index (χ3n) is 3.41. The van der Waals surface area contributed by atoms with Crippen LogP contribution in [0.4, 0.5) is 0 Å². The van der Waals surface area contributed by atoms with Crippen LogP contribution in [0.1, 0.15) is 43.0 Å². The van der Waals surface area contributed by atoms with Crippen LogP contribution in [0.15, 0.2) is 24.3 Å². The van der Waals surface area contributed by atoms with Gasteiger partial charge in [0.2, 0.25) is 3.79 Å². The molecule has 1 rings (SSSR count). The molecule has 136 valence electrons. The minimum absolute atomic E-state index is 0.0631. The van der Waals surface area contributed by atoms with E-state index in [1.54, 1.807) is 24.3 Å². The van der Waals surface area contributed by atoms with E-state index >= 15 is 0 Å². The Morgan fingerprint density at radius 2 is 1.75 bits per heavy atom. The summed E-state index contributed by atoms with van der Waals surface area (Å²) >= 11 is 17.0. The van der Waals surface area contributed by atoms with Gasteiger partial charge in [-0.25, -0.2) is 0 Å². The third kappa shape index (κ3) is 7.15. The molecule has 9 heteroatoms. The minimum atomic E-state index is -4.51. The highest BCUT2D eigenvalue weighted by Gasteiger charge is 2.41. The number of benzene rings is 1. The topological polar surface area (TPSA) is 80.7 Å². The molecule has 0 saturated heterocycles. The van der Waals surface area contributed by atoms with E-state index in [1.807, 2.05) is 6.92 Å². The second-order valence-corrected chi connectivity index (χ2v) is 9.31. The van der Waals surface area contributed by atoms with Gasteiger partial charge in [-0.15, -0.1) is 0 Å². The number of hydrogen-bond acceptors (Lipinski definition) is 4. The van der Waals surface area contributed by atoms with Crippen molar-refractivity contribution in [1.82, 2.24) is 0 Å². The van der Waals surface area contributed by atoms with Gasteiger partial charge in [0.05, 0.1) is 6.10 Å². The van der Waals surface area contributed by atoms with Gasteiger partial charge in [-0.05, 0) is 43.5 Å². The van der Waals surface area contributed by atoms with E-state index in [2.05, 4.69) is 0 Å². The summed E-state index contributed by atoms with van der Waals surface area (Å²) in [6.07, 6.45) is 2.10. The van der Waals surface area contributed by atoms with Crippen molar-refractivity contribution in [3.05, 3.63) is 29.8 Å². The van der Waals surface area contributed by atoms with Crippen LogP contribution in [0.3, 0.4) is 0 Å². The Kier molecular flexibility index (Phi) is 8.29. The van der Waals surface area contributed by atoms with Crippen LogP contribution in [0, 0.1) is 0 Å². The van der Waals surface area contributed by atoms with Gasteiger partial charge in [0, 0.05) is 5.56 Å². The molecule has 0 aliphatic heterocycles. The summed E-state index contributed by atoms with van der Waals surface area (Å²) in [5, 5.41) is -1.53. The Morgan fingerprint density at radius 3 is 2.17 bits per heavy atom. The zero-order valence-corrected chi connectivity index (χ0v) is 16.1. The predicted molar refractivity (Wildman–Crippen MR) is 96.0 cm³/mol. The fourth-order valence-electron chi connectivity index (χ4n) is 2.22. The number of alkyl halides is 3. The van der Waals surface area contributed by atoms with E-state index in [0.717, 1.165) is 12.7 Å². The van der Waals surface area contributed by atoms with E-state index in [4.69, 9.17) is 39.5 Å². The van der Waals surface area contributed by atoms with Crippen LogP contribution in [0.2, 0.25) is 0 Å². The highest BCUT2D eigenvalue weighted by Crippen LogP contribution is 2.37. The lowest BCUT2D eigenvalue weighted by Gasteiger charge is -2.24. The van der Waals surface area contributed by atoms with Crippen molar-refractivity contribution in [2.45, 2.75) is 47.8 Å². The Balaban J connectivity index is 2.79. The first-order valence-corrected chi connectivity index (χ1v) is 9.96. The van der Waals surface area contributed by atoms with E-state index in [0.29, 0.717) is 17.7 Å². The molecule has 0 aliphatic rings. The zero-order chi connectivity index (χ0) is 18.4. The summed E-state index contributed by atoms with van der Waals surface area (Å²) < 4.78 is 35.7. The number of ether oxygens (including phenoxy) is 1. The molecule has 0 spiro atoms. The van der Waals surface area contributed by atoms with E-state index in [9.17, 15) is 17.8 Å². The van der Waals surface area contributed by atoms with Crippen molar-refractivity contribution < 1.29 is 22.5 Å². The summed E-state index contributed by atoms with van der Waals surface area (Å²) in [7, 11) is -4.51. The van der Waals surface area contributed by atoms with Crippen molar-refractivity contribution in [3.8, 4) is 5.75 Å². The van der Waals surface area contributed by atoms with Gasteiger partial charge in [-0.1, -0.05) is 48.1 Å². The van der Waals surface area contributed by atoms with Crippen LogP contribution in [0.5, 0.6) is 5.75 Å². The van der Waals surface area contributed by atoms with Crippen molar-refractivity contribution >= 4 is 51.2 Å². The number of hydrogen-bond donors (Lipinski definition) is 1. The van der Waals surface area contributed by atoms with Crippen LogP contribution in [-0.4, -0.2) is 34.4 Å². The van der Waals surface area contributed by atoms with Crippen LogP contribution >= 0.6 is 34.8 Å². The molecule has 0 bridgehead atoms. The molecule has 24 heavy (non-hydrogen) atoms. The number of aldehydes is 1. The Morgan fingerprint density at radius 1 is 1.17 bits per heavy atom. The summed E-state index contributed by atoms with van der Waals surface area (Å²) in [4.78, 5) is 10.6. The standard InChI is InChI=1S/C15H19Cl3O5S/c1-2-3-12(23-13-6-4-11(10-19)5-7-13)8-9-14(15(16,17)18)24(20,21)22/h4-7,10,12,14H,2-3,8-9H2,1H3,(H,20,21,22). The lowest BCUT2D eigenvalue weighted by molar-refractivity contribution is 0.112. The first-order valence-electron chi connectivity index (χ1n) is 7.32. The molecule has 0 aliphatic carbocycles. The van der Waals surface area contributed by atoms with Crippen molar-refractivity contribution in [2.75, 3.05) is 0 Å². The Bertz CT molecular complexity index is 626. The van der Waals surface area contributed by atoms with Gasteiger partial charge < -0.3 is 4.74 Å². The molecule has 0 heterocycles. The van der Waals surface area contributed by atoms with Gasteiger partial charge in [0.1, 0.15) is 17.3 Å². The van der Waals surface area contributed by atoms with Gasteiger partial charge >= 0.3 is 0 Å². The maximum Gasteiger partial charge on any atom is 0.272 e. The number of halogens is 3. The maximum absolute atomic E-state index is 11.4.